The summed E-state index contributed by atoms with van der Waals surface area (Å²) in [5, 5.41) is 7.14. The highest BCUT2D eigenvalue weighted by Crippen LogP contribution is 2.27. The van der Waals surface area contributed by atoms with Gasteiger partial charge in [0.1, 0.15) is 11.8 Å². The van der Waals surface area contributed by atoms with Crippen molar-refractivity contribution >= 4 is 20.9 Å². The standard InChI is InChI=1S/C24H20N4O3S/c29-32(30,18-11-5-2-6-12-18)16-22(17-9-3-1-4-10-17)31-23-15-21(27-28-23)24-25-19-13-7-8-14-20(19)26-24/h1-15,22H,16H2,(H,25,26)(H,27,28). The summed E-state index contributed by atoms with van der Waals surface area (Å²) in [6.45, 7) is 0. The van der Waals surface area contributed by atoms with Gasteiger partial charge in [0.25, 0.3) is 0 Å². The third-order valence-corrected chi connectivity index (χ3v) is 6.84. The van der Waals surface area contributed by atoms with E-state index in [1.807, 2.05) is 54.6 Å². The number of nitrogens with one attached hydrogen (secondary N) is 2. The van der Waals surface area contributed by atoms with E-state index in [1.54, 1.807) is 36.4 Å². The number of nitrogens with zero attached hydrogens (tertiary/aromatic N) is 2. The van der Waals surface area contributed by atoms with Crippen LogP contribution in [0.1, 0.15) is 11.7 Å². The Morgan fingerprint density at radius 1 is 0.875 bits per heavy atom. The van der Waals surface area contributed by atoms with Crippen LogP contribution in [0.25, 0.3) is 22.6 Å². The van der Waals surface area contributed by atoms with Gasteiger partial charge in [-0.25, -0.2) is 13.4 Å². The molecule has 0 aliphatic carbocycles. The molecule has 0 amide bonds. The smallest absolute Gasteiger partial charge is 0.233 e. The predicted molar refractivity (Wildman–Crippen MR) is 122 cm³/mol. The lowest BCUT2D eigenvalue weighted by molar-refractivity contribution is 0.219. The molecule has 5 rings (SSSR count). The molecule has 0 aliphatic rings. The second-order valence-corrected chi connectivity index (χ2v) is 9.37. The van der Waals surface area contributed by atoms with Gasteiger partial charge in [-0.1, -0.05) is 60.7 Å². The van der Waals surface area contributed by atoms with Crippen LogP contribution in [0.3, 0.4) is 0 Å². The van der Waals surface area contributed by atoms with E-state index in [0.717, 1.165) is 16.6 Å². The lowest BCUT2D eigenvalue weighted by Crippen LogP contribution is -2.20. The third-order valence-electron chi connectivity index (χ3n) is 5.11. The van der Waals surface area contributed by atoms with E-state index in [0.29, 0.717) is 11.5 Å². The van der Waals surface area contributed by atoms with Crippen molar-refractivity contribution in [1.29, 1.82) is 0 Å². The summed E-state index contributed by atoms with van der Waals surface area (Å²) in [6.07, 6.45) is -0.728. The van der Waals surface area contributed by atoms with Crippen molar-refractivity contribution in [2.75, 3.05) is 5.75 Å². The van der Waals surface area contributed by atoms with Crippen molar-refractivity contribution < 1.29 is 13.2 Å². The zero-order chi connectivity index (χ0) is 22.0. The lowest BCUT2D eigenvalue weighted by Gasteiger charge is -2.18. The maximum atomic E-state index is 13.0. The van der Waals surface area contributed by atoms with Gasteiger partial charge in [0.15, 0.2) is 15.7 Å². The number of aromatic amines is 2. The van der Waals surface area contributed by atoms with Crippen molar-refractivity contribution in [3.8, 4) is 17.4 Å². The number of imidazole rings is 1. The number of benzene rings is 3. The Morgan fingerprint density at radius 3 is 2.31 bits per heavy atom. The van der Waals surface area contributed by atoms with Gasteiger partial charge in [0, 0.05) is 6.07 Å². The van der Waals surface area contributed by atoms with Gasteiger partial charge >= 0.3 is 0 Å². The topological polar surface area (TPSA) is 101 Å². The van der Waals surface area contributed by atoms with Gasteiger partial charge in [0.05, 0.1) is 21.7 Å². The molecule has 2 heterocycles. The van der Waals surface area contributed by atoms with E-state index in [2.05, 4.69) is 20.2 Å². The monoisotopic (exact) mass is 444 g/mol. The average molecular weight is 445 g/mol. The van der Waals surface area contributed by atoms with Crippen LogP contribution in [0, 0.1) is 0 Å². The zero-order valence-electron chi connectivity index (χ0n) is 17.0. The van der Waals surface area contributed by atoms with Crippen LogP contribution in [-0.2, 0) is 9.84 Å². The highest BCUT2D eigenvalue weighted by molar-refractivity contribution is 7.91. The summed E-state index contributed by atoms with van der Waals surface area (Å²) >= 11 is 0. The van der Waals surface area contributed by atoms with Crippen LogP contribution >= 0.6 is 0 Å². The van der Waals surface area contributed by atoms with E-state index < -0.39 is 15.9 Å². The molecule has 3 aromatic carbocycles. The Morgan fingerprint density at radius 2 is 1.56 bits per heavy atom. The quantitative estimate of drug-likeness (QED) is 0.384. The fourth-order valence-electron chi connectivity index (χ4n) is 3.50. The maximum absolute atomic E-state index is 13.0. The van der Waals surface area contributed by atoms with Crippen molar-refractivity contribution in [2.45, 2.75) is 11.0 Å². The van der Waals surface area contributed by atoms with Gasteiger partial charge in [-0.2, -0.15) is 0 Å². The summed E-state index contributed by atoms with van der Waals surface area (Å²) in [4.78, 5) is 8.05. The fraction of sp³-hybridized carbons (Fsp3) is 0.0833. The molecule has 1 unspecified atom stereocenters. The molecule has 1 atom stereocenters. The van der Waals surface area contributed by atoms with E-state index in [1.165, 1.54) is 0 Å². The molecular formula is C24H20N4O3S. The SMILES string of the molecule is O=S(=O)(CC(Oc1cc(-c2nc3ccccc3[nH]2)[nH]n1)c1ccccc1)c1ccccc1. The largest absolute Gasteiger partial charge is 0.467 e. The minimum absolute atomic E-state index is 0.214. The van der Waals surface area contributed by atoms with Gasteiger partial charge < -0.3 is 9.72 Å². The van der Waals surface area contributed by atoms with Gasteiger partial charge in [0.2, 0.25) is 5.88 Å². The first-order chi connectivity index (χ1) is 15.6. The number of rotatable bonds is 7. The predicted octanol–water partition coefficient (Wildman–Crippen LogP) is 4.55. The first-order valence-corrected chi connectivity index (χ1v) is 11.7. The molecule has 5 aromatic rings. The molecule has 8 heteroatoms. The molecule has 0 spiro atoms. The molecule has 32 heavy (non-hydrogen) atoms. The minimum atomic E-state index is -3.57. The number of ether oxygens (including phenoxy) is 1. The van der Waals surface area contributed by atoms with E-state index in [-0.39, 0.29) is 16.5 Å². The van der Waals surface area contributed by atoms with Gasteiger partial charge in [-0.05, 0) is 29.8 Å². The zero-order valence-corrected chi connectivity index (χ0v) is 17.8. The number of sulfone groups is 1. The third kappa shape index (κ3) is 4.13. The normalized spacial score (nSPS) is 12.6. The summed E-state index contributed by atoms with van der Waals surface area (Å²) in [6, 6.07) is 27.1. The Hall–Kier alpha value is -3.91. The van der Waals surface area contributed by atoms with Crippen LogP contribution in [0.15, 0.2) is 95.9 Å². The van der Waals surface area contributed by atoms with Crippen molar-refractivity contribution in [3.63, 3.8) is 0 Å². The van der Waals surface area contributed by atoms with Crippen LogP contribution in [0.4, 0.5) is 0 Å². The average Bonchev–Trinajstić information content (AvgIpc) is 3.46. The molecule has 0 fully saturated rings. The van der Waals surface area contributed by atoms with Crippen LogP contribution in [0.2, 0.25) is 0 Å². The molecule has 2 aromatic heterocycles. The number of hydrogen-bond donors (Lipinski definition) is 2. The molecule has 0 saturated heterocycles. The molecule has 160 valence electrons. The molecule has 2 N–H and O–H groups in total. The molecule has 0 aliphatic heterocycles. The van der Waals surface area contributed by atoms with Crippen molar-refractivity contribution in [2.24, 2.45) is 0 Å². The van der Waals surface area contributed by atoms with Gasteiger partial charge in [-0.3, -0.25) is 5.10 Å². The number of H-pyrrole nitrogens is 2. The summed E-state index contributed by atoms with van der Waals surface area (Å²) in [5.41, 5.74) is 3.15. The van der Waals surface area contributed by atoms with Crippen LogP contribution in [-0.4, -0.2) is 34.3 Å². The Bertz CT molecular complexity index is 1410. The van der Waals surface area contributed by atoms with Crippen LogP contribution < -0.4 is 4.74 Å². The van der Waals surface area contributed by atoms with E-state index in [4.69, 9.17) is 4.74 Å². The minimum Gasteiger partial charge on any atom is -0.467 e. The lowest BCUT2D eigenvalue weighted by atomic mass is 10.1. The Kier molecular flexibility index (Phi) is 5.20. The number of aromatic nitrogens is 4. The molecular weight excluding hydrogens is 424 g/mol. The molecule has 0 bridgehead atoms. The number of para-hydroxylation sites is 2. The second kappa shape index (κ2) is 8.32. The Labute approximate surface area is 185 Å². The highest BCUT2D eigenvalue weighted by atomic mass is 32.2. The number of fused-ring (bicyclic) bond motifs is 1. The molecule has 0 saturated carbocycles. The van der Waals surface area contributed by atoms with Crippen molar-refractivity contribution in [3.05, 3.63) is 96.6 Å². The summed E-state index contributed by atoms with van der Waals surface area (Å²) < 4.78 is 32.1. The first-order valence-electron chi connectivity index (χ1n) is 10.1. The Balaban J connectivity index is 1.43. The second-order valence-electron chi connectivity index (χ2n) is 7.33. The first kappa shape index (κ1) is 20.0. The van der Waals surface area contributed by atoms with Gasteiger partial charge in [-0.15, -0.1) is 5.10 Å². The van der Waals surface area contributed by atoms with Crippen molar-refractivity contribution in [1.82, 2.24) is 20.2 Å². The van der Waals surface area contributed by atoms with E-state index in [9.17, 15) is 8.42 Å². The fourth-order valence-corrected chi connectivity index (χ4v) is 4.92. The summed E-state index contributed by atoms with van der Waals surface area (Å²) in [5.74, 6) is 0.702. The van der Waals surface area contributed by atoms with Crippen LogP contribution in [0.5, 0.6) is 5.88 Å². The highest BCUT2D eigenvalue weighted by Gasteiger charge is 2.25. The van der Waals surface area contributed by atoms with E-state index >= 15 is 0 Å². The molecule has 0 radical (unpaired) electrons. The maximum Gasteiger partial charge on any atom is 0.233 e. The summed E-state index contributed by atoms with van der Waals surface area (Å²) in [7, 11) is -3.57. The number of hydrogen-bond acceptors (Lipinski definition) is 5. The molecule has 7 nitrogen and oxygen atoms in total.